The van der Waals surface area contributed by atoms with Crippen molar-refractivity contribution in [1.82, 2.24) is 9.47 Å². The topological polar surface area (TPSA) is 45.5 Å². The van der Waals surface area contributed by atoms with Crippen LogP contribution in [0.25, 0.3) is 10.9 Å². The Morgan fingerprint density at radius 3 is 1.78 bits per heavy atom. The Balaban J connectivity index is 1.41. The fraction of sp³-hybridized carbons (Fsp3) is 0.182. The molecule has 1 heterocycles. The Morgan fingerprint density at radius 1 is 0.703 bits per heavy atom. The zero-order valence-corrected chi connectivity index (χ0v) is 20.9. The molecule has 0 aliphatic rings. The lowest BCUT2D eigenvalue weighted by molar-refractivity contribution is -0.142. The highest BCUT2D eigenvalue weighted by molar-refractivity contribution is 5.85. The second-order valence-corrected chi connectivity index (χ2v) is 9.67. The third kappa shape index (κ3) is 6.35. The molecule has 0 spiro atoms. The fourth-order valence-corrected chi connectivity index (χ4v) is 5.07. The molecule has 1 N–H and O–H groups in total. The minimum absolute atomic E-state index is 0.470. The maximum Gasteiger partial charge on any atom is 0.308 e. The molecule has 0 saturated heterocycles. The molecule has 1 atom stereocenters. The zero-order valence-electron chi connectivity index (χ0n) is 20.9. The van der Waals surface area contributed by atoms with Crippen molar-refractivity contribution in [3.63, 3.8) is 0 Å². The average Bonchev–Trinajstić information content (AvgIpc) is 3.27. The molecule has 1 aromatic heterocycles. The van der Waals surface area contributed by atoms with Crippen LogP contribution in [0.4, 0.5) is 0 Å². The van der Waals surface area contributed by atoms with Crippen molar-refractivity contribution in [2.75, 3.05) is 6.54 Å². The van der Waals surface area contributed by atoms with E-state index >= 15 is 0 Å². The van der Waals surface area contributed by atoms with Gasteiger partial charge in [0.2, 0.25) is 0 Å². The van der Waals surface area contributed by atoms with Crippen molar-refractivity contribution in [1.29, 1.82) is 0 Å². The number of hydrogen-bond acceptors (Lipinski definition) is 2. The van der Waals surface area contributed by atoms with Crippen LogP contribution in [0, 0.1) is 5.92 Å². The molecule has 0 aliphatic heterocycles. The standard InChI is InChI=1S/C33H32N2O2/c36-33(37)30(24-34(21-26-12-4-1-5-13-26)22-27-14-6-2-7-15-27)20-29-25-35(23-28-16-8-3-9-17-28)32-19-11-10-18-31(29)32/h1-19,25,30H,20-24H2,(H,36,37)/t30-/m1/s1. The lowest BCUT2D eigenvalue weighted by Crippen LogP contribution is -2.33. The van der Waals surface area contributed by atoms with Crippen LogP contribution < -0.4 is 0 Å². The van der Waals surface area contributed by atoms with Gasteiger partial charge in [-0.15, -0.1) is 0 Å². The lowest BCUT2D eigenvalue weighted by Gasteiger charge is -2.26. The molecule has 0 bridgehead atoms. The van der Waals surface area contributed by atoms with Crippen molar-refractivity contribution in [2.24, 2.45) is 5.92 Å². The van der Waals surface area contributed by atoms with Gasteiger partial charge in [-0.3, -0.25) is 9.69 Å². The van der Waals surface area contributed by atoms with E-state index in [9.17, 15) is 9.90 Å². The van der Waals surface area contributed by atoms with Gasteiger partial charge < -0.3 is 9.67 Å². The molecule has 37 heavy (non-hydrogen) atoms. The Bertz CT molecular complexity index is 1390. The summed E-state index contributed by atoms with van der Waals surface area (Å²) in [6.45, 7) is 2.63. The normalized spacial score (nSPS) is 12.1. The Labute approximate surface area is 218 Å². The van der Waals surface area contributed by atoms with Crippen LogP contribution in [-0.2, 0) is 30.8 Å². The maximum atomic E-state index is 12.5. The number of nitrogens with zero attached hydrogens (tertiary/aromatic N) is 2. The number of aromatic nitrogens is 1. The van der Waals surface area contributed by atoms with Gasteiger partial charge in [-0.1, -0.05) is 109 Å². The summed E-state index contributed by atoms with van der Waals surface area (Å²) in [6.07, 6.45) is 2.63. The summed E-state index contributed by atoms with van der Waals surface area (Å²) in [6, 6.07) is 39.2. The molecule has 5 aromatic rings. The van der Waals surface area contributed by atoms with Crippen molar-refractivity contribution in [3.05, 3.63) is 144 Å². The van der Waals surface area contributed by atoms with E-state index in [-0.39, 0.29) is 0 Å². The van der Waals surface area contributed by atoms with Crippen LogP contribution in [0.15, 0.2) is 121 Å². The third-order valence-corrected chi connectivity index (χ3v) is 6.86. The summed E-state index contributed by atoms with van der Waals surface area (Å²) in [5.41, 5.74) is 5.81. The number of aliphatic carboxylic acids is 1. The number of benzene rings is 4. The SMILES string of the molecule is O=C(O)[C@H](Cc1cn(Cc2ccccc2)c2ccccc12)CN(Cc1ccccc1)Cc1ccccc1. The van der Waals surface area contributed by atoms with Gasteiger partial charge in [-0.25, -0.2) is 0 Å². The quantitative estimate of drug-likeness (QED) is 0.227. The predicted octanol–water partition coefficient (Wildman–Crippen LogP) is 6.64. The predicted molar refractivity (Wildman–Crippen MR) is 149 cm³/mol. The fourth-order valence-electron chi connectivity index (χ4n) is 5.07. The van der Waals surface area contributed by atoms with Crippen LogP contribution in [0.3, 0.4) is 0 Å². The molecule has 0 saturated carbocycles. The van der Waals surface area contributed by atoms with E-state index in [2.05, 4.69) is 76.3 Å². The van der Waals surface area contributed by atoms with Gasteiger partial charge in [-0.05, 0) is 34.7 Å². The smallest absolute Gasteiger partial charge is 0.308 e. The van der Waals surface area contributed by atoms with Gasteiger partial charge >= 0.3 is 5.97 Å². The molecule has 5 rings (SSSR count). The molecule has 0 aliphatic carbocycles. The summed E-state index contributed by atoms with van der Waals surface area (Å²) in [5, 5.41) is 11.4. The number of carboxylic acids is 1. The van der Waals surface area contributed by atoms with Crippen molar-refractivity contribution in [3.8, 4) is 0 Å². The van der Waals surface area contributed by atoms with E-state index in [1.54, 1.807) is 0 Å². The molecule has 186 valence electrons. The van der Waals surface area contributed by atoms with E-state index in [4.69, 9.17) is 0 Å². The first-order valence-corrected chi connectivity index (χ1v) is 12.8. The van der Waals surface area contributed by atoms with Crippen molar-refractivity contribution in [2.45, 2.75) is 26.1 Å². The van der Waals surface area contributed by atoms with Gasteiger partial charge in [0.15, 0.2) is 0 Å². The number of hydrogen-bond donors (Lipinski definition) is 1. The Hall–Kier alpha value is -4.15. The summed E-state index contributed by atoms with van der Waals surface area (Å²) in [4.78, 5) is 14.8. The van der Waals surface area contributed by atoms with Crippen LogP contribution in [0.2, 0.25) is 0 Å². The molecule has 0 unspecified atom stereocenters. The average molecular weight is 489 g/mol. The molecule has 0 amide bonds. The second kappa shape index (κ2) is 11.7. The van der Waals surface area contributed by atoms with Crippen LogP contribution in [-0.4, -0.2) is 27.1 Å². The third-order valence-electron chi connectivity index (χ3n) is 6.86. The van der Waals surface area contributed by atoms with Crippen LogP contribution in [0.1, 0.15) is 22.3 Å². The van der Waals surface area contributed by atoms with Crippen LogP contribution in [0.5, 0.6) is 0 Å². The van der Waals surface area contributed by atoms with E-state index in [0.717, 1.165) is 23.0 Å². The largest absolute Gasteiger partial charge is 0.481 e. The summed E-state index contributed by atoms with van der Waals surface area (Å²) < 4.78 is 2.24. The van der Waals surface area contributed by atoms with E-state index in [1.807, 2.05) is 54.6 Å². The summed E-state index contributed by atoms with van der Waals surface area (Å²) in [7, 11) is 0. The minimum atomic E-state index is -0.758. The highest BCUT2D eigenvalue weighted by atomic mass is 16.4. The second-order valence-electron chi connectivity index (χ2n) is 9.67. The highest BCUT2D eigenvalue weighted by Crippen LogP contribution is 2.26. The first-order valence-electron chi connectivity index (χ1n) is 12.8. The molecule has 0 fully saturated rings. The minimum Gasteiger partial charge on any atom is -0.481 e. The van der Waals surface area contributed by atoms with Gasteiger partial charge in [0.05, 0.1) is 5.92 Å². The summed E-state index contributed by atoms with van der Waals surface area (Å²) >= 11 is 0. The van der Waals surface area contributed by atoms with Gasteiger partial charge in [0, 0.05) is 43.3 Å². The van der Waals surface area contributed by atoms with E-state index in [0.29, 0.717) is 26.1 Å². The van der Waals surface area contributed by atoms with Gasteiger partial charge in [-0.2, -0.15) is 0 Å². The molecule has 4 heteroatoms. The number of carboxylic acid groups (broad SMARTS) is 1. The number of carbonyl (C=O) groups is 1. The molecular formula is C33H32N2O2. The first kappa shape index (κ1) is 24.5. The number of rotatable bonds is 11. The van der Waals surface area contributed by atoms with E-state index < -0.39 is 11.9 Å². The highest BCUT2D eigenvalue weighted by Gasteiger charge is 2.24. The number of para-hydroxylation sites is 1. The Kier molecular flexibility index (Phi) is 7.78. The number of fused-ring (bicyclic) bond motifs is 1. The van der Waals surface area contributed by atoms with Gasteiger partial charge in [0.1, 0.15) is 0 Å². The van der Waals surface area contributed by atoms with Crippen LogP contribution >= 0.6 is 0 Å². The molecule has 4 aromatic carbocycles. The lowest BCUT2D eigenvalue weighted by atomic mass is 9.97. The molecular weight excluding hydrogens is 456 g/mol. The summed E-state index contributed by atoms with van der Waals surface area (Å²) in [5.74, 6) is -1.28. The van der Waals surface area contributed by atoms with Crippen molar-refractivity contribution < 1.29 is 9.90 Å². The molecule has 0 radical (unpaired) electrons. The van der Waals surface area contributed by atoms with Crippen molar-refractivity contribution >= 4 is 16.9 Å². The van der Waals surface area contributed by atoms with Gasteiger partial charge in [0.25, 0.3) is 0 Å². The molecule has 4 nitrogen and oxygen atoms in total. The monoisotopic (exact) mass is 488 g/mol. The Morgan fingerprint density at radius 2 is 1.22 bits per heavy atom. The maximum absolute atomic E-state index is 12.5. The first-order chi connectivity index (χ1) is 18.2. The zero-order chi connectivity index (χ0) is 25.5. The van der Waals surface area contributed by atoms with E-state index in [1.165, 1.54) is 16.7 Å².